The molecule has 4 rings (SSSR count). The van der Waals surface area contributed by atoms with Gasteiger partial charge in [-0.3, -0.25) is 4.57 Å². The van der Waals surface area contributed by atoms with Crippen molar-refractivity contribution in [2.45, 2.75) is 31.5 Å². The zero-order valence-corrected chi connectivity index (χ0v) is 13.4. The van der Waals surface area contributed by atoms with Crippen molar-refractivity contribution in [1.29, 1.82) is 0 Å². The van der Waals surface area contributed by atoms with Crippen molar-refractivity contribution in [3.63, 3.8) is 0 Å². The summed E-state index contributed by atoms with van der Waals surface area (Å²) in [4.78, 5) is 12.9. The van der Waals surface area contributed by atoms with Crippen molar-refractivity contribution in [1.82, 2.24) is 19.5 Å². The maximum absolute atomic E-state index is 13.9. The number of ether oxygens (including phenoxy) is 1. The molecular weight excluding hydrogens is 325 g/mol. The van der Waals surface area contributed by atoms with E-state index in [0.29, 0.717) is 23.5 Å². The molecule has 0 spiro atoms. The van der Waals surface area contributed by atoms with Crippen molar-refractivity contribution in [2.75, 3.05) is 11.9 Å². The molecule has 1 aromatic carbocycles. The van der Waals surface area contributed by atoms with Crippen LogP contribution in [0.3, 0.4) is 0 Å². The molecule has 2 N–H and O–H groups in total. The van der Waals surface area contributed by atoms with Gasteiger partial charge in [0.05, 0.1) is 12.9 Å². The zero-order chi connectivity index (χ0) is 17.2. The summed E-state index contributed by atoms with van der Waals surface area (Å²) in [7, 11) is 0. The number of aliphatic hydroxyl groups is 1. The Morgan fingerprint density at radius 1 is 1.24 bits per heavy atom. The van der Waals surface area contributed by atoms with E-state index in [2.05, 4.69) is 20.3 Å². The fourth-order valence-electron chi connectivity index (χ4n) is 3.00. The third kappa shape index (κ3) is 3.06. The number of rotatable bonds is 5. The second-order valence-electron chi connectivity index (χ2n) is 5.95. The van der Waals surface area contributed by atoms with E-state index in [1.54, 1.807) is 10.9 Å². The van der Waals surface area contributed by atoms with Gasteiger partial charge in [-0.1, -0.05) is 30.3 Å². The smallest absolute Gasteiger partial charge is 0.167 e. The minimum atomic E-state index is -1.20. The second-order valence-corrected chi connectivity index (χ2v) is 5.95. The number of halogens is 1. The van der Waals surface area contributed by atoms with Gasteiger partial charge in [0.25, 0.3) is 0 Å². The quantitative estimate of drug-likeness (QED) is 0.738. The molecule has 0 aliphatic carbocycles. The third-order valence-corrected chi connectivity index (χ3v) is 4.31. The number of hydrogen-bond acceptors (Lipinski definition) is 6. The molecule has 3 aromatic rings. The van der Waals surface area contributed by atoms with Gasteiger partial charge in [-0.15, -0.1) is 0 Å². The Morgan fingerprint density at radius 2 is 2.08 bits per heavy atom. The lowest BCUT2D eigenvalue weighted by molar-refractivity contribution is -0.0323. The zero-order valence-electron chi connectivity index (χ0n) is 13.4. The molecule has 0 unspecified atom stereocenters. The summed E-state index contributed by atoms with van der Waals surface area (Å²) in [6.45, 7) is 0.266. The molecule has 25 heavy (non-hydrogen) atoms. The number of alkyl halides is 1. The topological polar surface area (TPSA) is 85.1 Å². The Hall–Kier alpha value is -2.58. The van der Waals surface area contributed by atoms with Gasteiger partial charge in [-0.25, -0.2) is 19.3 Å². The summed E-state index contributed by atoms with van der Waals surface area (Å²) >= 11 is 0. The van der Waals surface area contributed by atoms with E-state index >= 15 is 0 Å². The van der Waals surface area contributed by atoms with E-state index in [1.807, 2.05) is 30.3 Å². The molecule has 2 aromatic heterocycles. The molecule has 1 aliphatic heterocycles. The minimum absolute atomic E-state index is 0.160. The van der Waals surface area contributed by atoms with Crippen LogP contribution in [0.4, 0.5) is 10.2 Å². The fourth-order valence-corrected chi connectivity index (χ4v) is 3.00. The van der Waals surface area contributed by atoms with Gasteiger partial charge in [-0.05, 0) is 5.56 Å². The molecular formula is C17H18FN5O2. The van der Waals surface area contributed by atoms with Gasteiger partial charge in [0, 0.05) is 13.0 Å². The summed E-state index contributed by atoms with van der Waals surface area (Å²) in [6.07, 6.45) is 0.635. The van der Waals surface area contributed by atoms with Crippen molar-refractivity contribution in [2.24, 2.45) is 0 Å². The molecule has 1 fully saturated rings. The van der Waals surface area contributed by atoms with E-state index in [1.165, 1.54) is 6.33 Å². The predicted octanol–water partition coefficient (Wildman–Crippen LogP) is 2.06. The van der Waals surface area contributed by atoms with Crippen LogP contribution >= 0.6 is 0 Å². The number of aromatic nitrogens is 4. The number of aliphatic hydroxyl groups excluding tert-OH is 1. The summed E-state index contributed by atoms with van der Waals surface area (Å²) < 4.78 is 21.1. The van der Waals surface area contributed by atoms with Crippen LogP contribution in [-0.2, 0) is 11.3 Å². The van der Waals surface area contributed by atoms with Crippen LogP contribution in [0.25, 0.3) is 11.2 Å². The summed E-state index contributed by atoms with van der Waals surface area (Å²) in [6, 6.07) is 9.96. The molecule has 0 bridgehead atoms. The third-order valence-electron chi connectivity index (χ3n) is 4.31. The molecule has 0 saturated carbocycles. The highest BCUT2D eigenvalue weighted by atomic mass is 19.1. The number of nitrogens with one attached hydrogen (secondary N) is 1. The van der Waals surface area contributed by atoms with E-state index < -0.39 is 18.5 Å². The monoisotopic (exact) mass is 343 g/mol. The first kappa shape index (κ1) is 15.9. The number of imidazole rings is 1. The van der Waals surface area contributed by atoms with Crippen molar-refractivity contribution in [3.05, 3.63) is 48.5 Å². The number of hydrogen-bond donors (Lipinski definition) is 2. The van der Waals surface area contributed by atoms with Crippen LogP contribution in [0.5, 0.6) is 0 Å². The molecule has 130 valence electrons. The van der Waals surface area contributed by atoms with E-state index in [9.17, 15) is 4.39 Å². The fraction of sp³-hybridized carbons (Fsp3) is 0.353. The van der Waals surface area contributed by atoms with E-state index in [-0.39, 0.29) is 13.0 Å². The number of benzene rings is 1. The Kier molecular flexibility index (Phi) is 4.29. The largest absolute Gasteiger partial charge is 0.394 e. The molecule has 0 amide bonds. The first-order valence-corrected chi connectivity index (χ1v) is 8.12. The molecule has 1 aliphatic rings. The highest BCUT2D eigenvalue weighted by Crippen LogP contribution is 2.33. The average Bonchev–Trinajstić information content (AvgIpc) is 3.24. The van der Waals surface area contributed by atoms with Gasteiger partial charge in [0.1, 0.15) is 24.8 Å². The molecule has 3 heterocycles. The van der Waals surface area contributed by atoms with Gasteiger partial charge in [-0.2, -0.15) is 0 Å². The van der Waals surface area contributed by atoms with Crippen molar-refractivity contribution < 1.29 is 14.2 Å². The van der Waals surface area contributed by atoms with Crippen LogP contribution < -0.4 is 5.32 Å². The average molecular weight is 343 g/mol. The van der Waals surface area contributed by atoms with Crippen LogP contribution in [0.15, 0.2) is 43.0 Å². The minimum Gasteiger partial charge on any atom is -0.394 e. The summed E-state index contributed by atoms with van der Waals surface area (Å²) in [5.74, 6) is 0.612. The predicted molar refractivity (Wildman–Crippen MR) is 89.6 cm³/mol. The highest BCUT2D eigenvalue weighted by molar-refractivity contribution is 5.82. The van der Waals surface area contributed by atoms with Crippen molar-refractivity contribution in [3.8, 4) is 0 Å². The van der Waals surface area contributed by atoms with Gasteiger partial charge < -0.3 is 15.2 Å². The van der Waals surface area contributed by atoms with Crippen LogP contribution in [0.1, 0.15) is 18.2 Å². The Morgan fingerprint density at radius 3 is 2.84 bits per heavy atom. The maximum Gasteiger partial charge on any atom is 0.167 e. The molecule has 1 saturated heterocycles. The highest BCUT2D eigenvalue weighted by Gasteiger charge is 2.36. The van der Waals surface area contributed by atoms with Crippen LogP contribution in [0.2, 0.25) is 0 Å². The van der Waals surface area contributed by atoms with Crippen molar-refractivity contribution >= 4 is 17.0 Å². The van der Waals surface area contributed by atoms with E-state index in [4.69, 9.17) is 9.84 Å². The number of nitrogens with zero attached hydrogens (tertiary/aromatic N) is 4. The number of anilines is 1. The lowest BCUT2D eigenvalue weighted by Crippen LogP contribution is -2.21. The first-order valence-electron chi connectivity index (χ1n) is 8.12. The van der Waals surface area contributed by atoms with Crippen LogP contribution in [0, 0.1) is 0 Å². The first-order chi connectivity index (χ1) is 12.3. The lowest BCUT2D eigenvalue weighted by atomic mass is 10.2. The van der Waals surface area contributed by atoms with Gasteiger partial charge in [0.15, 0.2) is 17.0 Å². The summed E-state index contributed by atoms with van der Waals surface area (Å²) in [5, 5.41) is 12.4. The maximum atomic E-state index is 13.9. The molecule has 0 radical (unpaired) electrons. The Bertz CT molecular complexity index is 857. The standard InChI is InChI=1S/C17H18FN5O2/c18-12-6-14(25-13(12)8-24)23-10-22-15-16(20-9-21-17(15)23)19-7-11-4-2-1-3-5-11/h1-5,9-10,12-14,24H,6-8H2,(H,19,20,21)/t12-,13+,14+/m0/s1. The molecule has 3 atom stereocenters. The second kappa shape index (κ2) is 6.73. The Balaban J connectivity index is 1.58. The normalized spacial score (nSPS) is 23.2. The summed E-state index contributed by atoms with van der Waals surface area (Å²) in [5.41, 5.74) is 2.30. The number of fused-ring (bicyclic) bond motifs is 1. The SMILES string of the molecule is OC[C@H]1O[C@@H](n2cnc3c(NCc4ccccc4)ncnc32)C[C@@H]1F. The van der Waals surface area contributed by atoms with E-state index in [0.717, 1.165) is 5.56 Å². The molecule has 7 nitrogen and oxygen atoms in total. The lowest BCUT2D eigenvalue weighted by Gasteiger charge is -2.13. The Labute approximate surface area is 143 Å². The van der Waals surface area contributed by atoms with Gasteiger partial charge >= 0.3 is 0 Å². The molecule has 8 heteroatoms. The van der Waals surface area contributed by atoms with Gasteiger partial charge in [0.2, 0.25) is 0 Å². The van der Waals surface area contributed by atoms with Crippen LogP contribution in [-0.4, -0.2) is 43.5 Å².